The SMILES string of the molecule is O=c1cc[nH]cc1S(=O)(=O)Nc1ccc(Cl)cn1. The molecule has 0 saturated heterocycles. The van der Waals surface area contributed by atoms with Gasteiger partial charge in [0.1, 0.15) is 5.82 Å². The van der Waals surface area contributed by atoms with E-state index in [2.05, 4.69) is 14.7 Å². The highest BCUT2D eigenvalue weighted by molar-refractivity contribution is 7.92. The van der Waals surface area contributed by atoms with Crippen molar-refractivity contribution in [2.75, 3.05) is 4.72 Å². The minimum absolute atomic E-state index is 0.0858. The van der Waals surface area contributed by atoms with Crippen molar-refractivity contribution in [3.8, 4) is 0 Å². The van der Waals surface area contributed by atoms with E-state index >= 15 is 0 Å². The molecule has 0 aliphatic carbocycles. The number of sulfonamides is 1. The van der Waals surface area contributed by atoms with Crippen molar-refractivity contribution in [2.45, 2.75) is 4.90 Å². The maximum atomic E-state index is 11.9. The quantitative estimate of drug-likeness (QED) is 0.887. The molecule has 2 rings (SSSR count). The second-order valence-corrected chi connectivity index (χ2v) is 5.43. The second-order valence-electron chi connectivity index (χ2n) is 3.34. The zero-order valence-electron chi connectivity index (χ0n) is 8.92. The lowest BCUT2D eigenvalue weighted by atomic mass is 10.5. The first-order valence-corrected chi connectivity index (χ1v) is 6.67. The van der Waals surface area contributed by atoms with Crippen molar-refractivity contribution >= 4 is 27.4 Å². The summed E-state index contributed by atoms with van der Waals surface area (Å²) in [6.07, 6.45) is 3.76. The van der Waals surface area contributed by atoms with Crippen molar-refractivity contribution in [2.24, 2.45) is 0 Å². The summed E-state index contributed by atoms with van der Waals surface area (Å²) in [5.74, 6) is 0.0858. The summed E-state index contributed by atoms with van der Waals surface area (Å²) in [5.41, 5.74) is -0.602. The number of nitrogens with zero attached hydrogens (tertiary/aromatic N) is 1. The lowest BCUT2D eigenvalue weighted by Crippen LogP contribution is -2.21. The predicted molar refractivity (Wildman–Crippen MR) is 67.1 cm³/mol. The molecule has 0 radical (unpaired) electrons. The first kappa shape index (κ1) is 12.6. The molecule has 18 heavy (non-hydrogen) atoms. The van der Waals surface area contributed by atoms with Crippen molar-refractivity contribution in [3.63, 3.8) is 0 Å². The van der Waals surface area contributed by atoms with Crippen LogP contribution in [0.4, 0.5) is 5.82 Å². The van der Waals surface area contributed by atoms with Gasteiger partial charge >= 0.3 is 0 Å². The molecule has 6 nitrogen and oxygen atoms in total. The summed E-state index contributed by atoms with van der Waals surface area (Å²) in [6.45, 7) is 0. The van der Waals surface area contributed by atoms with Crippen LogP contribution in [0.3, 0.4) is 0 Å². The monoisotopic (exact) mass is 285 g/mol. The normalized spacial score (nSPS) is 11.2. The number of hydrogen-bond acceptors (Lipinski definition) is 4. The Hall–Kier alpha value is -1.86. The molecule has 2 aromatic rings. The minimum Gasteiger partial charge on any atom is -0.366 e. The Morgan fingerprint density at radius 1 is 1.28 bits per heavy atom. The minimum atomic E-state index is -3.96. The van der Waals surface area contributed by atoms with Crippen LogP contribution in [0.1, 0.15) is 0 Å². The number of halogens is 1. The largest absolute Gasteiger partial charge is 0.366 e. The first-order valence-electron chi connectivity index (χ1n) is 4.80. The lowest BCUT2D eigenvalue weighted by molar-refractivity contribution is 0.600. The summed E-state index contributed by atoms with van der Waals surface area (Å²) in [7, 11) is -3.96. The van der Waals surface area contributed by atoms with E-state index in [0.29, 0.717) is 5.02 Å². The highest BCUT2D eigenvalue weighted by Crippen LogP contribution is 2.13. The van der Waals surface area contributed by atoms with Gasteiger partial charge in [0.25, 0.3) is 10.0 Å². The molecule has 94 valence electrons. The Morgan fingerprint density at radius 2 is 2.06 bits per heavy atom. The number of H-pyrrole nitrogens is 1. The Labute approximate surface area is 108 Å². The molecule has 8 heteroatoms. The smallest absolute Gasteiger partial charge is 0.268 e. The number of nitrogens with one attached hydrogen (secondary N) is 2. The maximum absolute atomic E-state index is 11.9. The van der Waals surface area contributed by atoms with E-state index in [1.165, 1.54) is 24.5 Å². The Morgan fingerprint density at radius 3 is 2.67 bits per heavy atom. The van der Waals surface area contributed by atoms with Crippen LogP contribution in [0.15, 0.2) is 46.5 Å². The Bertz CT molecular complexity index is 710. The van der Waals surface area contributed by atoms with Gasteiger partial charge in [0.2, 0.25) is 5.43 Å². The number of hydrogen-bond donors (Lipinski definition) is 2. The molecule has 0 aliphatic rings. The molecule has 2 aromatic heterocycles. The van der Waals surface area contributed by atoms with Gasteiger partial charge in [0.05, 0.1) is 5.02 Å². The highest BCUT2D eigenvalue weighted by Gasteiger charge is 2.18. The fraction of sp³-hybridized carbons (Fsp3) is 0. The van der Waals surface area contributed by atoms with Crippen LogP contribution in [-0.2, 0) is 10.0 Å². The van der Waals surface area contributed by atoms with Crippen LogP contribution in [0.2, 0.25) is 5.02 Å². The van der Waals surface area contributed by atoms with Crippen molar-refractivity contribution < 1.29 is 8.42 Å². The van der Waals surface area contributed by atoms with Crippen LogP contribution in [0.25, 0.3) is 0 Å². The molecular weight excluding hydrogens is 278 g/mol. The van der Waals surface area contributed by atoms with Gasteiger partial charge < -0.3 is 4.98 Å². The maximum Gasteiger partial charge on any atom is 0.268 e. The van der Waals surface area contributed by atoms with Gasteiger partial charge in [-0.3, -0.25) is 9.52 Å². The van der Waals surface area contributed by atoms with Crippen molar-refractivity contribution in [3.05, 3.63) is 52.0 Å². The Kier molecular flexibility index (Phi) is 3.35. The van der Waals surface area contributed by atoms with Crippen molar-refractivity contribution in [1.82, 2.24) is 9.97 Å². The van der Waals surface area contributed by atoms with Gasteiger partial charge in [-0.1, -0.05) is 11.6 Å². The first-order chi connectivity index (χ1) is 8.49. The molecule has 0 bridgehead atoms. The second kappa shape index (κ2) is 4.79. The molecule has 2 N–H and O–H groups in total. The molecular formula is C10H8ClN3O3S. The third kappa shape index (κ3) is 2.69. The summed E-state index contributed by atoms with van der Waals surface area (Å²) in [6, 6.07) is 4.02. The van der Waals surface area contributed by atoms with E-state index in [1.807, 2.05) is 0 Å². The average molecular weight is 286 g/mol. The van der Waals surface area contributed by atoms with E-state index < -0.39 is 15.5 Å². The highest BCUT2D eigenvalue weighted by atomic mass is 35.5. The topological polar surface area (TPSA) is 91.9 Å². The van der Waals surface area contributed by atoms with Crippen LogP contribution in [0, 0.1) is 0 Å². The van der Waals surface area contributed by atoms with E-state index in [1.54, 1.807) is 0 Å². The van der Waals surface area contributed by atoms with E-state index in [0.717, 1.165) is 12.3 Å². The zero-order chi connectivity index (χ0) is 13.2. The van der Waals surface area contributed by atoms with Gasteiger partial charge in [-0.2, -0.15) is 0 Å². The average Bonchev–Trinajstić information content (AvgIpc) is 2.32. The van der Waals surface area contributed by atoms with Gasteiger partial charge in [-0.25, -0.2) is 13.4 Å². The summed E-state index contributed by atoms with van der Waals surface area (Å²) in [5, 5.41) is 0.385. The number of pyridine rings is 2. The lowest BCUT2D eigenvalue weighted by Gasteiger charge is -2.06. The van der Waals surface area contributed by atoms with Crippen LogP contribution in [-0.4, -0.2) is 18.4 Å². The molecule has 0 fully saturated rings. The van der Waals surface area contributed by atoms with Crippen molar-refractivity contribution in [1.29, 1.82) is 0 Å². The number of anilines is 1. The number of aromatic nitrogens is 2. The fourth-order valence-corrected chi connectivity index (χ4v) is 2.41. The standard InChI is InChI=1S/C10H8ClN3O3S/c11-7-1-2-10(13-5-7)14-18(16,17)9-6-12-4-3-8(9)15/h1-6H,(H,12,15)(H,13,14). The molecule has 0 atom stereocenters. The Balaban J connectivity index is 2.36. The van der Waals surface area contributed by atoms with Gasteiger partial charge in [-0.05, 0) is 12.1 Å². The number of aromatic amines is 1. The third-order valence-corrected chi connectivity index (χ3v) is 3.64. The van der Waals surface area contributed by atoms with Crippen LogP contribution < -0.4 is 10.2 Å². The molecule has 0 aromatic carbocycles. The third-order valence-electron chi connectivity index (χ3n) is 2.04. The summed E-state index contributed by atoms with van der Waals surface area (Å²) in [4.78, 5) is 17.4. The molecule has 0 unspecified atom stereocenters. The van der Waals surface area contributed by atoms with E-state index in [4.69, 9.17) is 11.6 Å². The van der Waals surface area contributed by atoms with Gasteiger partial charge in [0.15, 0.2) is 4.90 Å². The predicted octanol–water partition coefficient (Wildman–Crippen LogP) is 1.22. The van der Waals surface area contributed by atoms with Gasteiger partial charge in [0, 0.05) is 24.7 Å². The van der Waals surface area contributed by atoms with E-state index in [-0.39, 0.29) is 10.7 Å². The molecule has 2 heterocycles. The summed E-state index contributed by atoms with van der Waals surface area (Å²) >= 11 is 5.63. The van der Waals surface area contributed by atoms with E-state index in [9.17, 15) is 13.2 Å². The zero-order valence-corrected chi connectivity index (χ0v) is 10.5. The fourth-order valence-electron chi connectivity index (χ4n) is 1.24. The number of rotatable bonds is 3. The van der Waals surface area contributed by atoms with Crippen LogP contribution in [0.5, 0.6) is 0 Å². The van der Waals surface area contributed by atoms with Crippen LogP contribution >= 0.6 is 11.6 Å². The van der Waals surface area contributed by atoms with Gasteiger partial charge in [-0.15, -0.1) is 0 Å². The molecule has 0 spiro atoms. The summed E-state index contributed by atoms with van der Waals surface area (Å²) < 4.78 is 26.0. The molecule has 0 saturated carbocycles. The molecule has 0 aliphatic heterocycles. The molecule has 0 amide bonds.